The predicted octanol–water partition coefficient (Wildman–Crippen LogP) is 3.58. The van der Waals surface area contributed by atoms with E-state index in [1.54, 1.807) is 42.0 Å². The second kappa shape index (κ2) is 8.49. The van der Waals surface area contributed by atoms with Crippen molar-refractivity contribution >= 4 is 63.1 Å². The van der Waals surface area contributed by atoms with Crippen molar-refractivity contribution in [1.29, 1.82) is 0 Å². The molecular weight excluding hydrogens is 552 g/mol. The van der Waals surface area contributed by atoms with Crippen molar-refractivity contribution in [1.82, 2.24) is 14.3 Å². The summed E-state index contributed by atoms with van der Waals surface area (Å²) < 4.78 is 22.3. The number of likely N-dealkylation sites (tertiary alicyclic amines) is 1. The molecule has 32 heavy (non-hydrogen) atoms. The second-order valence-electron chi connectivity index (χ2n) is 7.75. The third-order valence-electron chi connectivity index (χ3n) is 5.42. The van der Waals surface area contributed by atoms with Gasteiger partial charge < -0.3 is 25.1 Å². The predicted molar refractivity (Wildman–Crippen MR) is 127 cm³/mol. The maximum Gasteiger partial charge on any atom is 0.303 e. The Labute approximate surface area is 202 Å². The van der Waals surface area contributed by atoms with Crippen LogP contribution in [0.4, 0.5) is 15.8 Å². The summed E-state index contributed by atoms with van der Waals surface area (Å²) in [6, 6.07) is 4.22. The highest BCUT2D eigenvalue weighted by Crippen LogP contribution is 2.36. The van der Waals surface area contributed by atoms with E-state index in [1.807, 2.05) is 22.6 Å². The maximum atomic E-state index is 14.5. The van der Waals surface area contributed by atoms with Gasteiger partial charge in [-0.3, -0.25) is 9.59 Å². The Hall–Kier alpha value is -2.44. The lowest BCUT2D eigenvalue weighted by atomic mass is 9.86. The molecule has 2 aromatic heterocycles. The molecule has 0 saturated carbocycles. The van der Waals surface area contributed by atoms with E-state index in [-0.39, 0.29) is 41.0 Å². The molecule has 1 aliphatic rings. The Morgan fingerprint density at radius 2 is 2.12 bits per heavy atom. The minimum absolute atomic E-state index is 0.139. The van der Waals surface area contributed by atoms with Gasteiger partial charge in [-0.2, -0.15) is 0 Å². The normalized spacial score (nSPS) is 15.9. The van der Waals surface area contributed by atoms with E-state index in [1.165, 1.54) is 17.9 Å². The Morgan fingerprint density at radius 3 is 2.75 bits per heavy atom. The quantitative estimate of drug-likeness (QED) is 0.359. The number of anilines is 2. The maximum absolute atomic E-state index is 14.5. The zero-order valence-corrected chi connectivity index (χ0v) is 20.1. The summed E-state index contributed by atoms with van der Waals surface area (Å²) in [5.74, 6) is -1.31. The van der Waals surface area contributed by atoms with Crippen LogP contribution in [0.25, 0.3) is 5.65 Å². The number of esters is 1. The van der Waals surface area contributed by atoms with Gasteiger partial charge in [0.2, 0.25) is 0 Å². The highest BCUT2D eigenvalue weighted by atomic mass is 127. The van der Waals surface area contributed by atoms with Gasteiger partial charge in [0.05, 0.1) is 30.0 Å². The lowest BCUT2D eigenvalue weighted by Gasteiger charge is -2.51. The molecule has 4 rings (SSSR count). The lowest BCUT2D eigenvalue weighted by Crippen LogP contribution is -2.71. The van der Waals surface area contributed by atoms with Gasteiger partial charge in [-0.25, -0.2) is 9.37 Å². The van der Waals surface area contributed by atoms with Crippen LogP contribution < -0.4 is 11.1 Å². The molecule has 1 fully saturated rings. The minimum Gasteiger partial charge on any atom is -0.454 e. The summed E-state index contributed by atoms with van der Waals surface area (Å²) in [7, 11) is 0. The smallest absolute Gasteiger partial charge is 0.303 e. The highest BCUT2D eigenvalue weighted by Gasteiger charge is 2.51. The largest absolute Gasteiger partial charge is 0.454 e. The summed E-state index contributed by atoms with van der Waals surface area (Å²) in [6.07, 6.45) is 4.80. The Morgan fingerprint density at radius 1 is 1.41 bits per heavy atom. The number of nitrogens with one attached hydrogen (secondary N) is 1. The summed E-state index contributed by atoms with van der Waals surface area (Å²) in [4.78, 5) is 30.7. The molecule has 3 heterocycles. The van der Waals surface area contributed by atoms with Crippen molar-refractivity contribution in [3.63, 3.8) is 0 Å². The van der Waals surface area contributed by atoms with Crippen molar-refractivity contribution < 1.29 is 18.7 Å². The van der Waals surface area contributed by atoms with Gasteiger partial charge in [-0.1, -0.05) is 11.6 Å². The van der Waals surface area contributed by atoms with Crippen molar-refractivity contribution in [2.75, 3.05) is 18.4 Å². The van der Waals surface area contributed by atoms with E-state index < -0.39 is 23.4 Å². The molecule has 0 radical (unpaired) electrons. The lowest BCUT2D eigenvalue weighted by molar-refractivity contribution is -0.176. The molecule has 1 aliphatic heterocycles. The van der Waals surface area contributed by atoms with Gasteiger partial charge in [0.15, 0.2) is 11.2 Å². The van der Waals surface area contributed by atoms with Crippen LogP contribution in [0.3, 0.4) is 0 Å². The summed E-state index contributed by atoms with van der Waals surface area (Å²) in [5, 5.41) is 3.14. The van der Waals surface area contributed by atoms with Crippen molar-refractivity contribution in [3.05, 3.63) is 56.8 Å². The second-order valence-corrected chi connectivity index (χ2v) is 9.37. The Balaban J connectivity index is 1.71. The van der Waals surface area contributed by atoms with Crippen molar-refractivity contribution in [2.24, 2.45) is 5.73 Å². The van der Waals surface area contributed by atoms with Crippen LogP contribution in [0.15, 0.2) is 36.8 Å². The first-order valence-electron chi connectivity index (χ1n) is 9.73. The zero-order chi connectivity index (χ0) is 23.2. The van der Waals surface area contributed by atoms with Gasteiger partial charge >= 0.3 is 5.97 Å². The summed E-state index contributed by atoms with van der Waals surface area (Å²) >= 11 is 8.59. The van der Waals surface area contributed by atoms with Gasteiger partial charge in [-0.15, -0.1) is 0 Å². The van der Waals surface area contributed by atoms with E-state index in [9.17, 15) is 14.0 Å². The van der Waals surface area contributed by atoms with Gasteiger partial charge in [0.25, 0.3) is 5.91 Å². The first-order valence-corrected chi connectivity index (χ1v) is 11.2. The van der Waals surface area contributed by atoms with Gasteiger partial charge in [-0.05, 0) is 47.7 Å². The molecular formula is C21H20ClFIN5O3. The third kappa shape index (κ3) is 4.02. The van der Waals surface area contributed by atoms with Crippen LogP contribution in [0.5, 0.6) is 0 Å². The molecule has 3 aromatic rings. The average molecular weight is 572 g/mol. The number of ether oxygens (including phenoxy) is 1. The van der Waals surface area contributed by atoms with E-state index in [0.29, 0.717) is 5.65 Å². The molecule has 0 spiro atoms. The van der Waals surface area contributed by atoms with E-state index in [2.05, 4.69) is 10.3 Å². The summed E-state index contributed by atoms with van der Waals surface area (Å²) in [5.41, 5.74) is 6.13. The number of fused-ring (bicyclic) bond motifs is 1. The molecule has 168 valence electrons. The molecule has 1 unspecified atom stereocenters. The number of benzene rings is 1. The van der Waals surface area contributed by atoms with Crippen LogP contribution in [-0.4, -0.2) is 50.9 Å². The number of rotatable bonds is 5. The number of carbonyl (C=O) groups excluding carboxylic acids is 2. The number of imidazole rings is 1. The number of nitrogens with zero attached hydrogens (tertiary/aromatic N) is 3. The third-order valence-corrected chi connectivity index (χ3v) is 6.45. The standard InChI is InChI=1S/C21H20ClFIN5O3/c1-11(25)21(32-12(2)30)9-29(10-21)20(31)14-8-28-6-5-26-19(28)17(22)18(14)27-16-4-3-13(24)7-15(16)23/h3-8,11,27H,9-10,25H2,1-2H3. The molecule has 0 bridgehead atoms. The van der Waals surface area contributed by atoms with Crippen LogP contribution in [0, 0.1) is 9.39 Å². The molecule has 1 saturated heterocycles. The molecule has 1 atom stereocenters. The zero-order valence-electron chi connectivity index (χ0n) is 17.2. The van der Waals surface area contributed by atoms with Crippen LogP contribution in [0.2, 0.25) is 5.02 Å². The number of aromatic nitrogens is 2. The topological polar surface area (TPSA) is 102 Å². The van der Waals surface area contributed by atoms with E-state index >= 15 is 0 Å². The van der Waals surface area contributed by atoms with Crippen molar-refractivity contribution in [3.8, 4) is 0 Å². The number of carbonyl (C=O) groups is 2. The first-order chi connectivity index (χ1) is 15.1. The minimum atomic E-state index is -0.944. The number of nitrogens with two attached hydrogens (primary N) is 1. The van der Waals surface area contributed by atoms with Crippen LogP contribution >= 0.6 is 34.2 Å². The fourth-order valence-electron chi connectivity index (χ4n) is 3.68. The van der Waals surface area contributed by atoms with E-state index in [0.717, 1.165) is 3.57 Å². The van der Waals surface area contributed by atoms with Crippen LogP contribution in [-0.2, 0) is 9.53 Å². The number of halogens is 3. The Bertz CT molecular complexity index is 1230. The Kier molecular flexibility index (Phi) is 6.03. The number of pyridine rings is 1. The molecule has 1 amide bonds. The number of hydrogen-bond donors (Lipinski definition) is 2. The molecule has 11 heteroatoms. The van der Waals surface area contributed by atoms with Crippen LogP contribution in [0.1, 0.15) is 24.2 Å². The molecule has 3 N–H and O–H groups in total. The molecule has 1 aromatic carbocycles. The van der Waals surface area contributed by atoms with Gasteiger partial charge in [0, 0.05) is 35.1 Å². The van der Waals surface area contributed by atoms with E-state index in [4.69, 9.17) is 22.1 Å². The average Bonchev–Trinajstić information content (AvgIpc) is 3.16. The van der Waals surface area contributed by atoms with Crippen molar-refractivity contribution in [2.45, 2.75) is 25.5 Å². The monoisotopic (exact) mass is 571 g/mol. The fourth-order valence-corrected chi connectivity index (χ4v) is 4.42. The molecule has 0 aliphatic carbocycles. The van der Waals surface area contributed by atoms with Gasteiger partial charge in [0.1, 0.15) is 10.8 Å². The molecule has 8 nitrogen and oxygen atoms in total. The number of hydrogen-bond acceptors (Lipinski definition) is 6. The fraction of sp³-hybridized carbons (Fsp3) is 0.286. The number of amides is 1. The SMILES string of the molecule is CC(=O)OC1(C(C)N)CN(C(=O)c2cn3ccnc3c(Cl)c2Nc2ccc(I)cc2F)C1. The summed E-state index contributed by atoms with van der Waals surface area (Å²) in [6.45, 7) is 3.31. The first kappa shape index (κ1) is 22.7. The highest BCUT2D eigenvalue weighted by molar-refractivity contribution is 14.1.